The molecule has 4 heteroatoms. The lowest BCUT2D eigenvalue weighted by Gasteiger charge is -2.33. The molecule has 2 rings (SSSR count). The number of hydrogen-bond donors (Lipinski definition) is 0. The number of rotatable bonds is 1. The molecule has 21 heavy (non-hydrogen) atoms. The molecule has 0 bridgehead atoms. The quantitative estimate of drug-likeness (QED) is 0.797. The van der Waals surface area contributed by atoms with E-state index >= 15 is 0 Å². The van der Waals surface area contributed by atoms with E-state index in [4.69, 9.17) is 4.74 Å². The number of Topliss-reactive ketones (excluding diaryl/α,β-unsaturated/α-hetero) is 1. The van der Waals surface area contributed by atoms with Gasteiger partial charge in [0, 0.05) is 12.5 Å². The Hall–Kier alpha value is -1.84. The molecule has 0 radical (unpaired) electrons. The van der Waals surface area contributed by atoms with Gasteiger partial charge >= 0.3 is 6.09 Å². The number of nitrogens with zero attached hydrogens (tertiary/aromatic N) is 1. The van der Waals surface area contributed by atoms with Crippen LogP contribution in [0, 0.1) is 6.92 Å². The molecular formula is C17H23NO3. The third-order valence-electron chi connectivity index (χ3n) is 3.64. The van der Waals surface area contributed by atoms with Crippen LogP contribution < -0.4 is 0 Å². The fourth-order valence-corrected chi connectivity index (χ4v) is 2.61. The second-order valence-corrected chi connectivity index (χ2v) is 6.57. The highest BCUT2D eigenvalue weighted by atomic mass is 16.6. The fraction of sp³-hybridized carbons (Fsp3) is 0.529. The predicted molar refractivity (Wildman–Crippen MR) is 81.4 cm³/mol. The average molecular weight is 289 g/mol. The van der Waals surface area contributed by atoms with E-state index < -0.39 is 11.7 Å². The normalized spacial score (nSPS) is 19.5. The van der Waals surface area contributed by atoms with Crippen LogP contribution in [0.3, 0.4) is 0 Å². The number of amides is 1. The largest absolute Gasteiger partial charge is 0.444 e. The van der Waals surface area contributed by atoms with Crippen LogP contribution in [0.1, 0.15) is 44.2 Å². The third-order valence-corrected chi connectivity index (χ3v) is 3.64. The van der Waals surface area contributed by atoms with Gasteiger partial charge in [-0.3, -0.25) is 4.79 Å². The Kier molecular flexibility index (Phi) is 4.35. The number of hydrogen-bond acceptors (Lipinski definition) is 3. The Balaban J connectivity index is 2.05. The van der Waals surface area contributed by atoms with E-state index in [0.29, 0.717) is 13.0 Å². The van der Waals surface area contributed by atoms with E-state index in [1.165, 1.54) is 4.90 Å². The van der Waals surface area contributed by atoms with E-state index in [1.807, 2.05) is 52.0 Å². The fourth-order valence-electron chi connectivity index (χ4n) is 2.61. The van der Waals surface area contributed by atoms with Gasteiger partial charge in [0.1, 0.15) is 5.60 Å². The molecule has 0 unspecified atom stereocenters. The Morgan fingerprint density at radius 1 is 1.29 bits per heavy atom. The van der Waals surface area contributed by atoms with Crippen LogP contribution in [0.4, 0.5) is 4.79 Å². The van der Waals surface area contributed by atoms with Crippen LogP contribution in [0.2, 0.25) is 0 Å². The molecule has 1 fully saturated rings. The van der Waals surface area contributed by atoms with E-state index in [0.717, 1.165) is 11.1 Å². The van der Waals surface area contributed by atoms with Crippen molar-refractivity contribution in [2.75, 3.05) is 13.1 Å². The highest BCUT2D eigenvalue weighted by Gasteiger charge is 2.33. The number of ketones is 1. The molecule has 1 aliphatic rings. The molecule has 4 nitrogen and oxygen atoms in total. The third kappa shape index (κ3) is 3.84. The number of piperidine rings is 1. The molecule has 0 N–H and O–H groups in total. The molecule has 1 atom stereocenters. The van der Waals surface area contributed by atoms with E-state index in [2.05, 4.69) is 0 Å². The van der Waals surface area contributed by atoms with Crippen molar-refractivity contribution in [1.29, 1.82) is 0 Å². The first-order valence-corrected chi connectivity index (χ1v) is 7.34. The molecular weight excluding hydrogens is 266 g/mol. The van der Waals surface area contributed by atoms with Crippen molar-refractivity contribution < 1.29 is 14.3 Å². The number of ether oxygens (including phenoxy) is 1. The summed E-state index contributed by atoms with van der Waals surface area (Å²) < 4.78 is 5.32. The molecule has 1 aromatic rings. The number of carbonyl (C=O) groups excluding carboxylic acids is 2. The average Bonchev–Trinajstić information content (AvgIpc) is 2.38. The van der Waals surface area contributed by atoms with Crippen molar-refractivity contribution in [2.45, 2.75) is 45.6 Å². The van der Waals surface area contributed by atoms with Gasteiger partial charge in [0.05, 0.1) is 6.54 Å². The van der Waals surface area contributed by atoms with Gasteiger partial charge in [0.2, 0.25) is 0 Å². The number of aryl methyl sites for hydroxylation is 1. The summed E-state index contributed by atoms with van der Waals surface area (Å²) in [5.41, 5.74) is 1.67. The molecule has 0 saturated carbocycles. The first kappa shape index (κ1) is 15.5. The molecule has 1 aromatic carbocycles. The monoisotopic (exact) mass is 289 g/mol. The molecule has 1 amide bonds. The first-order chi connectivity index (χ1) is 9.78. The van der Waals surface area contributed by atoms with Crippen LogP contribution in [-0.2, 0) is 9.53 Å². The van der Waals surface area contributed by atoms with E-state index in [9.17, 15) is 9.59 Å². The smallest absolute Gasteiger partial charge is 0.410 e. The minimum absolute atomic E-state index is 0.0846. The summed E-state index contributed by atoms with van der Waals surface area (Å²) in [6, 6.07) is 7.94. The molecule has 1 heterocycles. The van der Waals surface area contributed by atoms with Crippen molar-refractivity contribution >= 4 is 11.9 Å². The zero-order valence-electron chi connectivity index (χ0n) is 13.2. The van der Waals surface area contributed by atoms with Gasteiger partial charge in [0.25, 0.3) is 0 Å². The summed E-state index contributed by atoms with van der Waals surface area (Å²) in [7, 11) is 0. The molecule has 114 valence electrons. The molecule has 0 aromatic heterocycles. The summed E-state index contributed by atoms with van der Waals surface area (Å²) in [5.74, 6) is -0.0219. The van der Waals surface area contributed by atoms with Crippen molar-refractivity contribution in [3.8, 4) is 0 Å². The van der Waals surface area contributed by atoms with Gasteiger partial charge in [-0.25, -0.2) is 4.79 Å². The topological polar surface area (TPSA) is 46.6 Å². The zero-order valence-corrected chi connectivity index (χ0v) is 13.2. The van der Waals surface area contributed by atoms with Crippen molar-refractivity contribution in [1.82, 2.24) is 4.90 Å². The lowest BCUT2D eigenvalue weighted by molar-refractivity contribution is -0.123. The lowest BCUT2D eigenvalue weighted by Crippen LogP contribution is -2.45. The standard InChI is InChI=1S/C17H23NO3/c1-12-7-5-6-8-13(12)14-9-10-18(11-15(14)19)16(20)21-17(2,3)4/h5-8,14H,9-11H2,1-4H3/t14-/m1/s1. The summed E-state index contributed by atoms with van der Waals surface area (Å²) in [6.07, 6.45) is 0.252. The summed E-state index contributed by atoms with van der Waals surface area (Å²) in [6.45, 7) is 8.18. The molecule has 0 spiro atoms. The molecule has 0 aliphatic carbocycles. The number of carbonyl (C=O) groups is 2. The first-order valence-electron chi connectivity index (χ1n) is 7.34. The maximum atomic E-state index is 12.4. The van der Waals surface area contributed by atoms with Gasteiger partial charge in [0.15, 0.2) is 5.78 Å². The Morgan fingerprint density at radius 3 is 2.52 bits per heavy atom. The summed E-state index contributed by atoms with van der Waals surface area (Å²) in [5, 5.41) is 0. The van der Waals surface area contributed by atoms with Crippen molar-refractivity contribution in [2.24, 2.45) is 0 Å². The van der Waals surface area contributed by atoms with Crippen LogP contribution in [0.5, 0.6) is 0 Å². The van der Waals surface area contributed by atoms with Crippen molar-refractivity contribution in [3.05, 3.63) is 35.4 Å². The molecule has 1 aliphatic heterocycles. The highest BCUT2D eigenvalue weighted by molar-refractivity contribution is 5.91. The van der Waals surface area contributed by atoms with Crippen LogP contribution in [0.15, 0.2) is 24.3 Å². The summed E-state index contributed by atoms with van der Waals surface area (Å²) in [4.78, 5) is 25.9. The van der Waals surface area contributed by atoms with Crippen LogP contribution in [0.25, 0.3) is 0 Å². The highest BCUT2D eigenvalue weighted by Crippen LogP contribution is 2.28. The van der Waals surface area contributed by atoms with E-state index in [1.54, 1.807) is 0 Å². The minimum atomic E-state index is -0.535. The zero-order chi connectivity index (χ0) is 15.6. The lowest BCUT2D eigenvalue weighted by atomic mass is 9.86. The summed E-state index contributed by atoms with van der Waals surface area (Å²) >= 11 is 0. The van der Waals surface area contributed by atoms with E-state index in [-0.39, 0.29) is 18.2 Å². The minimum Gasteiger partial charge on any atom is -0.444 e. The second-order valence-electron chi connectivity index (χ2n) is 6.57. The van der Waals surface area contributed by atoms with Gasteiger partial charge in [-0.1, -0.05) is 24.3 Å². The number of likely N-dealkylation sites (tertiary alicyclic amines) is 1. The number of benzene rings is 1. The van der Waals surface area contributed by atoms with Crippen molar-refractivity contribution in [3.63, 3.8) is 0 Å². The second kappa shape index (κ2) is 5.88. The van der Waals surface area contributed by atoms with Gasteiger partial charge < -0.3 is 9.64 Å². The van der Waals surface area contributed by atoms with Crippen LogP contribution in [-0.4, -0.2) is 35.5 Å². The van der Waals surface area contributed by atoms with Gasteiger partial charge in [-0.15, -0.1) is 0 Å². The SMILES string of the molecule is Cc1ccccc1[C@H]1CCN(C(=O)OC(C)(C)C)CC1=O. The van der Waals surface area contributed by atoms with Crippen LogP contribution >= 0.6 is 0 Å². The Bertz CT molecular complexity index is 545. The predicted octanol–water partition coefficient (Wildman–Crippen LogP) is 3.29. The molecule has 1 saturated heterocycles. The Morgan fingerprint density at radius 2 is 1.95 bits per heavy atom. The van der Waals surface area contributed by atoms with Gasteiger partial charge in [-0.05, 0) is 45.2 Å². The maximum absolute atomic E-state index is 12.4. The Labute approximate surface area is 126 Å². The van der Waals surface area contributed by atoms with Gasteiger partial charge in [-0.2, -0.15) is 0 Å². The maximum Gasteiger partial charge on any atom is 0.410 e.